The number of pyridine rings is 1. The van der Waals surface area contributed by atoms with Crippen molar-refractivity contribution in [2.24, 2.45) is 0 Å². The van der Waals surface area contributed by atoms with Gasteiger partial charge in [-0.15, -0.1) is 0 Å². The summed E-state index contributed by atoms with van der Waals surface area (Å²) in [5.41, 5.74) is 1.01. The van der Waals surface area contributed by atoms with Gasteiger partial charge in [0.1, 0.15) is 6.33 Å². The van der Waals surface area contributed by atoms with E-state index in [2.05, 4.69) is 25.6 Å². The number of benzene rings is 1. The third kappa shape index (κ3) is 4.16. The summed E-state index contributed by atoms with van der Waals surface area (Å²) >= 11 is 12.0. The van der Waals surface area contributed by atoms with Crippen LogP contribution in [0.3, 0.4) is 0 Å². The fourth-order valence-corrected chi connectivity index (χ4v) is 2.64. The zero-order valence-electron chi connectivity index (χ0n) is 13.2. The molecule has 0 radical (unpaired) electrons. The molecule has 3 rings (SSSR count). The van der Waals surface area contributed by atoms with Crippen molar-refractivity contribution in [1.29, 1.82) is 0 Å². The maximum absolute atomic E-state index is 11.6. The Hall–Kier alpha value is -2.97. The first-order valence-corrected chi connectivity index (χ1v) is 8.14. The second kappa shape index (κ2) is 7.94. The monoisotopic (exact) mass is 390 g/mol. The molecule has 0 saturated heterocycles. The Labute approximate surface area is 158 Å². The highest BCUT2D eigenvalue weighted by molar-refractivity contribution is 6.36. The fourth-order valence-electron chi connectivity index (χ4n) is 2.18. The number of halogens is 2. The van der Waals surface area contributed by atoms with Gasteiger partial charge in [0.05, 0.1) is 15.6 Å². The van der Waals surface area contributed by atoms with Crippen LogP contribution in [-0.4, -0.2) is 19.9 Å². The molecule has 0 atom stereocenters. The topological polar surface area (TPSA) is 106 Å². The second-order valence-corrected chi connectivity index (χ2v) is 5.98. The Balaban J connectivity index is 1.89. The van der Waals surface area contributed by atoms with Crippen molar-refractivity contribution < 1.29 is 4.92 Å². The molecule has 26 heavy (non-hydrogen) atoms. The van der Waals surface area contributed by atoms with Gasteiger partial charge < -0.3 is 10.6 Å². The van der Waals surface area contributed by atoms with E-state index in [1.807, 2.05) is 6.07 Å². The maximum atomic E-state index is 11.6. The highest BCUT2D eigenvalue weighted by Crippen LogP contribution is 2.34. The number of hydrogen-bond acceptors (Lipinski definition) is 7. The van der Waals surface area contributed by atoms with Crippen LogP contribution in [0.1, 0.15) is 5.56 Å². The van der Waals surface area contributed by atoms with Crippen molar-refractivity contribution in [3.8, 4) is 0 Å². The summed E-state index contributed by atoms with van der Waals surface area (Å²) in [7, 11) is 0. The van der Waals surface area contributed by atoms with Gasteiger partial charge in [-0.1, -0.05) is 29.3 Å². The Morgan fingerprint density at radius 3 is 2.65 bits per heavy atom. The summed E-state index contributed by atoms with van der Waals surface area (Å²) in [5, 5.41) is 18.1. The number of nitrogens with one attached hydrogen (secondary N) is 2. The Bertz CT molecular complexity index is 939. The summed E-state index contributed by atoms with van der Waals surface area (Å²) in [6, 6.07) is 8.38. The van der Waals surface area contributed by atoms with E-state index in [1.54, 1.807) is 30.6 Å². The van der Waals surface area contributed by atoms with Crippen LogP contribution in [0.4, 0.5) is 23.0 Å². The lowest BCUT2D eigenvalue weighted by Gasteiger charge is -2.11. The van der Waals surface area contributed by atoms with Gasteiger partial charge in [0.2, 0.25) is 11.6 Å². The molecule has 1 aromatic carbocycles. The van der Waals surface area contributed by atoms with Crippen molar-refractivity contribution in [2.75, 3.05) is 10.6 Å². The molecule has 3 aromatic rings. The zero-order chi connectivity index (χ0) is 18.5. The number of anilines is 3. The molecule has 2 N–H and O–H groups in total. The lowest BCUT2D eigenvalue weighted by atomic mass is 10.3. The molecule has 0 aliphatic rings. The highest BCUT2D eigenvalue weighted by Gasteiger charge is 2.23. The average Bonchev–Trinajstić information content (AvgIpc) is 2.63. The molecule has 0 bridgehead atoms. The van der Waals surface area contributed by atoms with Crippen molar-refractivity contribution in [1.82, 2.24) is 15.0 Å². The molecule has 10 heteroatoms. The van der Waals surface area contributed by atoms with Crippen LogP contribution >= 0.6 is 23.2 Å². The Morgan fingerprint density at radius 2 is 1.96 bits per heavy atom. The normalized spacial score (nSPS) is 10.4. The van der Waals surface area contributed by atoms with Crippen LogP contribution in [0.25, 0.3) is 0 Å². The van der Waals surface area contributed by atoms with E-state index < -0.39 is 4.92 Å². The van der Waals surface area contributed by atoms with Gasteiger partial charge >= 0.3 is 5.69 Å². The summed E-state index contributed by atoms with van der Waals surface area (Å²) in [4.78, 5) is 22.9. The Morgan fingerprint density at radius 1 is 1.15 bits per heavy atom. The van der Waals surface area contributed by atoms with Gasteiger partial charge in [0, 0.05) is 24.0 Å². The molecule has 0 aliphatic carbocycles. The van der Waals surface area contributed by atoms with Crippen molar-refractivity contribution in [3.63, 3.8) is 0 Å². The Kier molecular flexibility index (Phi) is 5.45. The smallest absolute Gasteiger partial charge is 0.353 e. The number of nitro groups is 1. The SMILES string of the molecule is O=[N+]([O-])c1c(NCc2cccnc2)ncnc1Nc1ccc(Cl)cc1Cl. The van der Waals surface area contributed by atoms with Crippen LogP contribution in [0.2, 0.25) is 10.0 Å². The summed E-state index contributed by atoms with van der Waals surface area (Å²) < 4.78 is 0. The predicted octanol–water partition coefficient (Wildman–Crippen LogP) is 4.44. The second-order valence-electron chi connectivity index (χ2n) is 5.14. The van der Waals surface area contributed by atoms with Crippen LogP contribution in [0.15, 0.2) is 49.1 Å². The van der Waals surface area contributed by atoms with E-state index in [-0.39, 0.29) is 17.3 Å². The lowest BCUT2D eigenvalue weighted by Crippen LogP contribution is -2.08. The summed E-state index contributed by atoms with van der Waals surface area (Å²) in [6.45, 7) is 0.326. The molecule has 0 unspecified atom stereocenters. The minimum atomic E-state index is -0.558. The number of rotatable bonds is 6. The largest absolute Gasteiger partial charge is 0.360 e. The minimum Gasteiger partial charge on any atom is -0.360 e. The van der Waals surface area contributed by atoms with Gasteiger partial charge in [-0.3, -0.25) is 15.1 Å². The fraction of sp³-hybridized carbons (Fsp3) is 0.0625. The summed E-state index contributed by atoms with van der Waals surface area (Å²) in [5.74, 6) is 0.101. The average molecular weight is 391 g/mol. The van der Waals surface area contributed by atoms with Gasteiger partial charge in [-0.25, -0.2) is 9.97 Å². The van der Waals surface area contributed by atoms with Gasteiger partial charge in [-0.05, 0) is 29.8 Å². The van der Waals surface area contributed by atoms with Crippen LogP contribution in [0, 0.1) is 10.1 Å². The van der Waals surface area contributed by atoms with E-state index in [4.69, 9.17) is 23.2 Å². The number of hydrogen-bond donors (Lipinski definition) is 2. The first-order chi connectivity index (χ1) is 12.5. The molecule has 0 aliphatic heterocycles. The molecule has 0 amide bonds. The highest BCUT2D eigenvalue weighted by atomic mass is 35.5. The molecule has 2 heterocycles. The van der Waals surface area contributed by atoms with Crippen molar-refractivity contribution in [3.05, 3.63) is 74.8 Å². The predicted molar refractivity (Wildman–Crippen MR) is 100.0 cm³/mol. The third-order valence-electron chi connectivity index (χ3n) is 3.37. The molecule has 0 saturated carbocycles. The first kappa shape index (κ1) is 17.8. The van der Waals surface area contributed by atoms with E-state index in [9.17, 15) is 10.1 Å². The van der Waals surface area contributed by atoms with Crippen LogP contribution < -0.4 is 10.6 Å². The van der Waals surface area contributed by atoms with Crippen molar-refractivity contribution >= 4 is 46.2 Å². The zero-order valence-corrected chi connectivity index (χ0v) is 14.7. The standard InChI is InChI=1S/C16H12Cl2N6O2/c17-11-3-4-13(12(18)6-11)23-16-14(24(25)26)15(21-9-22-16)20-8-10-2-1-5-19-7-10/h1-7,9H,8H2,(H2,20,21,22,23). The maximum Gasteiger partial charge on any atom is 0.353 e. The number of nitrogens with zero attached hydrogens (tertiary/aromatic N) is 4. The third-order valence-corrected chi connectivity index (χ3v) is 3.92. The van der Waals surface area contributed by atoms with Gasteiger partial charge in [0.25, 0.3) is 0 Å². The van der Waals surface area contributed by atoms with Crippen LogP contribution in [0.5, 0.6) is 0 Å². The lowest BCUT2D eigenvalue weighted by molar-refractivity contribution is -0.383. The van der Waals surface area contributed by atoms with E-state index in [0.717, 1.165) is 5.56 Å². The van der Waals surface area contributed by atoms with E-state index >= 15 is 0 Å². The van der Waals surface area contributed by atoms with Crippen molar-refractivity contribution in [2.45, 2.75) is 6.54 Å². The quantitative estimate of drug-likeness (QED) is 0.473. The molecule has 8 nitrogen and oxygen atoms in total. The first-order valence-electron chi connectivity index (χ1n) is 7.39. The molecule has 0 fully saturated rings. The number of aromatic nitrogens is 3. The van der Waals surface area contributed by atoms with Gasteiger partial charge in [0.15, 0.2) is 0 Å². The van der Waals surface area contributed by atoms with E-state index in [0.29, 0.717) is 22.3 Å². The summed E-state index contributed by atoms with van der Waals surface area (Å²) in [6.07, 6.45) is 4.53. The molecular formula is C16H12Cl2N6O2. The van der Waals surface area contributed by atoms with Crippen LogP contribution in [-0.2, 0) is 6.54 Å². The van der Waals surface area contributed by atoms with Gasteiger partial charge in [-0.2, -0.15) is 0 Å². The molecule has 132 valence electrons. The molecule has 0 spiro atoms. The molecular weight excluding hydrogens is 379 g/mol. The molecule has 2 aromatic heterocycles. The van der Waals surface area contributed by atoms with E-state index in [1.165, 1.54) is 12.4 Å². The minimum absolute atomic E-state index is 0.0166.